The van der Waals surface area contributed by atoms with Gasteiger partial charge < -0.3 is 4.74 Å². The smallest absolute Gasteiger partial charge is 0.330 e. The van der Waals surface area contributed by atoms with Crippen molar-refractivity contribution < 1.29 is 13.9 Å². The minimum absolute atomic E-state index is 0.238. The lowest BCUT2D eigenvalue weighted by Crippen LogP contribution is -2.48. The molecule has 1 atom stereocenters. The second-order valence-electron chi connectivity index (χ2n) is 4.14. The van der Waals surface area contributed by atoms with Gasteiger partial charge in [0.1, 0.15) is 11.4 Å². The zero-order chi connectivity index (χ0) is 14.5. The Kier molecular flexibility index (Phi) is 5.69. The van der Waals surface area contributed by atoms with Crippen LogP contribution in [0.4, 0.5) is 4.39 Å². The molecular formula is C14H17BrFNO2. The monoisotopic (exact) mass is 329 g/mol. The van der Waals surface area contributed by atoms with E-state index in [9.17, 15) is 9.18 Å². The second kappa shape index (κ2) is 6.82. The number of esters is 1. The molecule has 0 bridgehead atoms. The number of nitrogens with one attached hydrogen (secondary N) is 1. The summed E-state index contributed by atoms with van der Waals surface area (Å²) in [5, 5.41) is 2.96. The third-order valence-corrected chi connectivity index (χ3v) is 3.25. The van der Waals surface area contributed by atoms with Crippen LogP contribution in [-0.2, 0) is 15.1 Å². The molecule has 5 heteroatoms. The van der Waals surface area contributed by atoms with Crippen LogP contribution in [0.1, 0.15) is 19.4 Å². The standard InChI is InChI=1S/C14H17BrFNO2/c1-4-8-17-14(3,13(18)19-5-2)11-7-6-10(15)9-12(11)16/h4,6-7,9,17H,1,5,8H2,2-3H3. The molecule has 19 heavy (non-hydrogen) atoms. The molecule has 0 fully saturated rings. The number of carbonyl (C=O) groups is 1. The molecule has 104 valence electrons. The van der Waals surface area contributed by atoms with Crippen LogP contribution in [0.3, 0.4) is 0 Å². The summed E-state index contributed by atoms with van der Waals surface area (Å²) in [7, 11) is 0. The van der Waals surface area contributed by atoms with Gasteiger partial charge in [0, 0.05) is 16.6 Å². The summed E-state index contributed by atoms with van der Waals surface area (Å²) in [5.41, 5.74) is -0.995. The van der Waals surface area contributed by atoms with Crippen molar-refractivity contribution in [2.75, 3.05) is 13.2 Å². The summed E-state index contributed by atoms with van der Waals surface area (Å²) < 4.78 is 19.7. The zero-order valence-electron chi connectivity index (χ0n) is 11.0. The van der Waals surface area contributed by atoms with Crippen molar-refractivity contribution in [1.82, 2.24) is 5.32 Å². The highest BCUT2D eigenvalue weighted by Gasteiger charge is 2.38. The van der Waals surface area contributed by atoms with E-state index in [1.165, 1.54) is 6.07 Å². The number of hydrogen-bond acceptors (Lipinski definition) is 3. The molecule has 0 aromatic heterocycles. The molecule has 0 saturated heterocycles. The van der Waals surface area contributed by atoms with E-state index in [-0.39, 0.29) is 12.2 Å². The van der Waals surface area contributed by atoms with Gasteiger partial charge in [0.2, 0.25) is 0 Å². The molecule has 1 N–H and O–H groups in total. The molecule has 1 aromatic carbocycles. The molecule has 0 amide bonds. The Balaban J connectivity index is 3.21. The van der Waals surface area contributed by atoms with Gasteiger partial charge in [-0.15, -0.1) is 6.58 Å². The van der Waals surface area contributed by atoms with Crippen molar-refractivity contribution in [3.8, 4) is 0 Å². The molecular weight excluding hydrogens is 313 g/mol. The fourth-order valence-electron chi connectivity index (χ4n) is 1.72. The van der Waals surface area contributed by atoms with Crippen LogP contribution >= 0.6 is 15.9 Å². The van der Waals surface area contributed by atoms with E-state index < -0.39 is 17.3 Å². The number of rotatable bonds is 6. The number of hydrogen-bond donors (Lipinski definition) is 1. The van der Waals surface area contributed by atoms with Gasteiger partial charge in [-0.25, -0.2) is 9.18 Å². The van der Waals surface area contributed by atoms with Gasteiger partial charge in [-0.2, -0.15) is 0 Å². The van der Waals surface area contributed by atoms with Crippen LogP contribution in [0.25, 0.3) is 0 Å². The summed E-state index contributed by atoms with van der Waals surface area (Å²) in [6.45, 7) is 7.50. The van der Waals surface area contributed by atoms with Crippen LogP contribution < -0.4 is 5.32 Å². The zero-order valence-corrected chi connectivity index (χ0v) is 12.6. The van der Waals surface area contributed by atoms with Crippen LogP contribution in [0, 0.1) is 5.82 Å². The molecule has 0 aliphatic carbocycles. The van der Waals surface area contributed by atoms with E-state index in [0.717, 1.165) is 0 Å². The molecule has 0 saturated carbocycles. The average molecular weight is 330 g/mol. The fraction of sp³-hybridized carbons (Fsp3) is 0.357. The summed E-state index contributed by atoms with van der Waals surface area (Å²) in [4.78, 5) is 12.1. The summed E-state index contributed by atoms with van der Waals surface area (Å²) in [5.74, 6) is -0.987. The van der Waals surface area contributed by atoms with Gasteiger partial charge in [0.15, 0.2) is 0 Å². The van der Waals surface area contributed by atoms with E-state index in [1.807, 2.05) is 0 Å². The van der Waals surface area contributed by atoms with E-state index in [0.29, 0.717) is 11.0 Å². The van der Waals surface area contributed by atoms with Crippen LogP contribution in [0.2, 0.25) is 0 Å². The predicted molar refractivity (Wildman–Crippen MR) is 76.3 cm³/mol. The Bertz CT molecular complexity index is 479. The first-order chi connectivity index (χ1) is 8.95. The molecule has 3 nitrogen and oxygen atoms in total. The fourth-order valence-corrected chi connectivity index (χ4v) is 2.06. The van der Waals surface area contributed by atoms with Crippen molar-refractivity contribution in [2.24, 2.45) is 0 Å². The normalized spacial score (nSPS) is 13.7. The lowest BCUT2D eigenvalue weighted by atomic mass is 9.91. The maximum atomic E-state index is 14.1. The largest absolute Gasteiger partial charge is 0.464 e. The molecule has 0 spiro atoms. The molecule has 1 rings (SSSR count). The van der Waals surface area contributed by atoms with Gasteiger partial charge in [0.05, 0.1) is 6.61 Å². The minimum Gasteiger partial charge on any atom is -0.464 e. The molecule has 0 aliphatic rings. The van der Waals surface area contributed by atoms with E-state index in [2.05, 4.69) is 27.8 Å². The first-order valence-electron chi connectivity index (χ1n) is 5.94. The van der Waals surface area contributed by atoms with Crippen molar-refractivity contribution in [3.05, 3.63) is 46.7 Å². The highest BCUT2D eigenvalue weighted by molar-refractivity contribution is 9.10. The van der Waals surface area contributed by atoms with Crippen molar-refractivity contribution in [1.29, 1.82) is 0 Å². The Hall–Kier alpha value is -1.20. The molecule has 1 unspecified atom stereocenters. The molecule has 0 heterocycles. The van der Waals surface area contributed by atoms with Crippen LogP contribution in [0.15, 0.2) is 35.3 Å². The Morgan fingerprint density at radius 2 is 2.32 bits per heavy atom. The van der Waals surface area contributed by atoms with Crippen molar-refractivity contribution >= 4 is 21.9 Å². The molecule has 0 aliphatic heterocycles. The van der Waals surface area contributed by atoms with E-state index >= 15 is 0 Å². The van der Waals surface area contributed by atoms with E-state index in [1.54, 1.807) is 32.1 Å². The van der Waals surface area contributed by atoms with Crippen molar-refractivity contribution in [3.63, 3.8) is 0 Å². The van der Waals surface area contributed by atoms with Gasteiger partial charge in [-0.1, -0.05) is 28.1 Å². The quantitative estimate of drug-likeness (QED) is 0.643. The van der Waals surface area contributed by atoms with E-state index in [4.69, 9.17) is 4.74 Å². The number of halogens is 2. The summed E-state index contributed by atoms with van der Waals surface area (Å²) in [6.07, 6.45) is 1.61. The minimum atomic E-state index is -1.24. The second-order valence-corrected chi connectivity index (χ2v) is 5.05. The summed E-state index contributed by atoms with van der Waals surface area (Å²) in [6, 6.07) is 4.57. The lowest BCUT2D eigenvalue weighted by Gasteiger charge is -2.29. The lowest BCUT2D eigenvalue weighted by molar-refractivity contribution is -0.151. The number of benzene rings is 1. The molecule has 0 radical (unpaired) electrons. The first-order valence-corrected chi connectivity index (χ1v) is 6.73. The van der Waals surface area contributed by atoms with Crippen molar-refractivity contribution in [2.45, 2.75) is 19.4 Å². The highest BCUT2D eigenvalue weighted by atomic mass is 79.9. The van der Waals surface area contributed by atoms with Gasteiger partial charge in [-0.05, 0) is 26.0 Å². The Morgan fingerprint density at radius 3 is 2.84 bits per heavy atom. The maximum Gasteiger partial charge on any atom is 0.330 e. The van der Waals surface area contributed by atoms with Crippen LogP contribution in [-0.4, -0.2) is 19.1 Å². The van der Waals surface area contributed by atoms with Gasteiger partial charge in [-0.3, -0.25) is 5.32 Å². The average Bonchev–Trinajstić information content (AvgIpc) is 2.36. The first kappa shape index (κ1) is 15.9. The Labute approximate surface area is 121 Å². The van der Waals surface area contributed by atoms with Gasteiger partial charge in [0.25, 0.3) is 0 Å². The predicted octanol–water partition coefficient (Wildman–Crippen LogP) is 3.14. The maximum absolute atomic E-state index is 14.1. The Morgan fingerprint density at radius 1 is 1.63 bits per heavy atom. The van der Waals surface area contributed by atoms with Crippen LogP contribution in [0.5, 0.6) is 0 Å². The topological polar surface area (TPSA) is 38.3 Å². The number of carbonyl (C=O) groups excluding carboxylic acids is 1. The SMILES string of the molecule is C=CCNC(C)(C(=O)OCC)c1ccc(Br)cc1F. The molecule has 1 aromatic rings. The third-order valence-electron chi connectivity index (χ3n) is 2.75. The highest BCUT2D eigenvalue weighted by Crippen LogP contribution is 2.27. The summed E-state index contributed by atoms with van der Waals surface area (Å²) >= 11 is 3.19. The third kappa shape index (κ3) is 3.64. The number of ether oxygens (including phenoxy) is 1. The van der Waals surface area contributed by atoms with Gasteiger partial charge >= 0.3 is 5.97 Å².